The van der Waals surface area contributed by atoms with E-state index in [1.165, 1.54) is 12.3 Å². The van der Waals surface area contributed by atoms with Crippen molar-refractivity contribution in [3.8, 4) is 5.88 Å². The summed E-state index contributed by atoms with van der Waals surface area (Å²) in [6.45, 7) is 0.372. The molecular weight excluding hydrogens is 348 g/mol. The lowest BCUT2D eigenvalue weighted by Crippen LogP contribution is -2.35. The highest BCUT2D eigenvalue weighted by atomic mass is 16.5. The Morgan fingerprint density at radius 3 is 2.70 bits per heavy atom. The lowest BCUT2D eigenvalue weighted by atomic mass is 10.2. The predicted octanol–water partition coefficient (Wildman–Crippen LogP) is 0.827. The zero-order chi connectivity index (χ0) is 19.1. The Labute approximate surface area is 154 Å². The van der Waals surface area contributed by atoms with E-state index in [-0.39, 0.29) is 19.0 Å². The van der Waals surface area contributed by atoms with Crippen molar-refractivity contribution in [2.24, 2.45) is 0 Å². The number of nitrogens with zero attached hydrogens (tertiary/aromatic N) is 2. The van der Waals surface area contributed by atoms with E-state index in [9.17, 15) is 14.4 Å². The van der Waals surface area contributed by atoms with Crippen LogP contribution in [0.5, 0.6) is 5.88 Å². The Hall–Kier alpha value is -3.68. The second kappa shape index (κ2) is 8.61. The molecule has 2 N–H and O–H groups in total. The van der Waals surface area contributed by atoms with Gasteiger partial charge in [-0.05, 0) is 11.6 Å². The van der Waals surface area contributed by atoms with Gasteiger partial charge in [-0.1, -0.05) is 36.4 Å². The van der Waals surface area contributed by atoms with Crippen LogP contribution in [0.1, 0.15) is 11.1 Å². The molecule has 8 heteroatoms. The fraction of sp³-hybridized carbons (Fsp3) is 0.158. The lowest BCUT2D eigenvalue weighted by molar-refractivity contribution is -0.121. The van der Waals surface area contributed by atoms with Gasteiger partial charge in [-0.15, -0.1) is 0 Å². The van der Waals surface area contributed by atoms with Crippen LogP contribution in [0, 0.1) is 0 Å². The van der Waals surface area contributed by atoms with E-state index >= 15 is 0 Å². The standard InChI is InChI=1S/C19H18N4O4/c24-16-8-10-23(19(26)22-16)12-17(25)21-11-15-7-4-9-20-18(15)27-13-14-5-2-1-3-6-14/h1-10H,11-13H2,(H,21,25)(H,22,24,26). The van der Waals surface area contributed by atoms with Crippen molar-refractivity contribution in [1.82, 2.24) is 19.9 Å². The molecule has 1 aromatic carbocycles. The van der Waals surface area contributed by atoms with E-state index in [4.69, 9.17) is 4.74 Å². The summed E-state index contributed by atoms with van der Waals surface area (Å²) >= 11 is 0. The van der Waals surface area contributed by atoms with Gasteiger partial charge in [0, 0.05) is 30.6 Å². The quantitative estimate of drug-likeness (QED) is 0.644. The van der Waals surface area contributed by atoms with Crippen LogP contribution in [0.25, 0.3) is 0 Å². The molecule has 0 aliphatic carbocycles. The number of aromatic nitrogens is 3. The summed E-state index contributed by atoms with van der Waals surface area (Å²) in [5.41, 5.74) is 0.587. The van der Waals surface area contributed by atoms with Gasteiger partial charge in [0.2, 0.25) is 11.8 Å². The first-order valence-corrected chi connectivity index (χ1v) is 8.29. The number of hydrogen-bond donors (Lipinski definition) is 2. The molecule has 0 radical (unpaired) electrons. The van der Waals surface area contributed by atoms with Crippen molar-refractivity contribution in [3.05, 3.63) is 92.9 Å². The molecule has 0 saturated heterocycles. The van der Waals surface area contributed by atoms with E-state index in [0.717, 1.165) is 15.7 Å². The zero-order valence-electron chi connectivity index (χ0n) is 14.4. The molecule has 0 saturated carbocycles. The van der Waals surface area contributed by atoms with Crippen LogP contribution >= 0.6 is 0 Å². The van der Waals surface area contributed by atoms with E-state index in [2.05, 4.69) is 15.3 Å². The molecule has 0 spiro atoms. The molecular formula is C19H18N4O4. The highest BCUT2D eigenvalue weighted by Gasteiger charge is 2.09. The second-order valence-corrected chi connectivity index (χ2v) is 5.76. The second-order valence-electron chi connectivity index (χ2n) is 5.76. The third-order valence-corrected chi connectivity index (χ3v) is 3.76. The number of pyridine rings is 1. The van der Waals surface area contributed by atoms with Crippen LogP contribution in [0.3, 0.4) is 0 Å². The molecule has 3 rings (SSSR count). The summed E-state index contributed by atoms with van der Waals surface area (Å²) in [7, 11) is 0. The number of carbonyl (C=O) groups is 1. The SMILES string of the molecule is O=C(Cn1ccc(=O)[nH]c1=O)NCc1cccnc1OCc1ccccc1. The maximum Gasteiger partial charge on any atom is 0.328 e. The van der Waals surface area contributed by atoms with Gasteiger partial charge in [-0.3, -0.25) is 19.1 Å². The van der Waals surface area contributed by atoms with Crippen LogP contribution in [0.15, 0.2) is 70.5 Å². The fourth-order valence-electron chi connectivity index (χ4n) is 2.39. The normalized spacial score (nSPS) is 10.4. The van der Waals surface area contributed by atoms with E-state index in [1.54, 1.807) is 18.3 Å². The van der Waals surface area contributed by atoms with Crippen molar-refractivity contribution in [1.29, 1.82) is 0 Å². The molecule has 0 atom stereocenters. The van der Waals surface area contributed by atoms with E-state index in [1.807, 2.05) is 30.3 Å². The van der Waals surface area contributed by atoms with Gasteiger partial charge >= 0.3 is 5.69 Å². The number of amides is 1. The van der Waals surface area contributed by atoms with Crippen LogP contribution in [-0.2, 0) is 24.5 Å². The molecule has 8 nitrogen and oxygen atoms in total. The first kappa shape index (κ1) is 18.1. The third kappa shape index (κ3) is 5.15. The topological polar surface area (TPSA) is 106 Å². The molecule has 0 fully saturated rings. The predicted molar refractivity (Wildman–Crippen MR) is 98.2 cm³/mol. The van der Waals surface area contributed by atoms with Crippen molar-refractivity contribution in [2.75, 3.05) is 0 Å². The average Bonchev–Trinajstić information content (AvgIpc) is 2.68. The number of carbonyl (C=O) groups excluding carboxylic acids is 1. The summed E-state index contributed by atoms with van der Waals surface area (Å²) in [6.07, 6.45) is 2.89. The highest BCUT2D eigenvalue weighted by molar-refractivity contribution is 5.75. The fourth-order valence-corrected chi connectivity index (χ4v) is 2.39. The molecule has 138 valence electrons. The molecule has 0 aliphatic rings. The molecule has 1 amide bonds. The van der Waals surface area contributed by atoms with Crippen molar-refractivity contribution in [3.63, 3.8) is 0 Å². The minimum atomic E-state index is -0.633. The van der Waals surface area contributed by atoms with Crippen molar-refractivity contribution in [2.45, 2.75) is 19.7 Å². The Morgan fingerprint density at radius 2 is 1.93 bits per heavy atom. The molecule has 2 aromatic heterocycles. The Bertz CT molecular complexity index is 1030. The van der Waals surface area contributed by atoms with E-state index in [0.29, 0.717) is 12.5 Å². The number of rotatable bonds is 7. The number of benzene rings is 1. The number of H-pyrrole nitrogens is 1. The lowest BCUT2D eigenvalue weighted by Gasteiger charge is -2.11. The largest absolute Gasteiger partial charge is 0.473 e. The van der Waals surface area contributed by atoms with Gasteiger partial charge in [0.15, 0.2) is 0 Å². The van der Waals surface area contributed by atoms with Crippen molar-refractivity contribution >= 4 is 5.91 Å². The van der Waals surface area contributed by atoms with Gasteiger partial charge in [0.1, 0.15) is 13.2 Å². The van der Waals surface area contributed by atoms with Gasteiger partial charge in [-0.25, -0.2) is 9.78 Å². The summed E-state index contributed by atoms with van der Waals surface area (Å²) in [6, 6.07) is 14.4. The molecule has 3 aromatic rings. The highest BCUT2D eigenvalue weighted by Crippen LogP contribution is 2.15. The molecule has 0 unspecified atom stereocenters. The van der Waals surface area contributed by atoms with Crippen LogP contribution in [-0.4, -0.2) is 20.4 Å². The summed E-state index contributed by atoms with van der Waals surface area (Å²) in [4.78, 5) is 41.1. The number of aromatic amines is 1. The smallest absolute Gasteiger partial charge is 0.328 e. The number of nitrogens with one attached hydrogen (secondary N) is 2. The summed E-state index contributed by atoms with van der Waals surface area (Å²) in [5, 5.41) is 2.72. The Kier molecular flexibility index (Phi) is 5.78. The summed E-state index contributed by atoms with van der Waals surface area (Å²) in [5.74, 6) is 0.0601. The van der Waals surface area contributed by atoms with Gasteiger partial charge < -0.3 is 10.1 Å². The molecule has 0 aliphatic heterocycles. The van der Waals surface area contributed by atoms with Crippen LogP contribution in [0.2, 0.25) is 0 Å². The first-order valence-electron chi connectivity index (χ1n) is 8.29. The minimum absolute atomic E-state index is 0.198. The van der Waals surface area contributed by atoms with Gasteiger partial charge in [-0.2, -0.15) is 0 Å². The minimum Gasteiger partial charge on any atom is -0.473 e. The van der Waals surface area contributed by atoms with Gasteiger partial charge in [0.05, 0.1) is 0 Å². The Balaban J connectivity index is 1.59. The molecule has 2 heterocycles. The monoisotopic (exact) mass is 366 g/mol. The first-order chi connectivity index (χ1) is 13.1. The third-order valence-electron chi connectivity index (χ3n) is 3.76. The number of ether oxygens (including phenoxy) is 1. The van der Waals surface area contributed by atoms with Crippen molar-refractivity contribution < 1.29 is 9.53 Å². The molecule has 0 bridgehead atoms. The van der Waals surface area contributed by atoms with Gasteiger partial charge in [0.25, 0.3) is 5.56 Å². The average molecular weight is 366 g/mol. The molecule has 27 heavy (non-hydrogen) atoms. The number of hydrogen-bond acceptors (Lipinski definition) is 5. The maximum absolute atomic E-state index is 12.1. The zero-order valence-corrected chi connectivity index (χ0v) is 14.4. The maximum atomic E-state index is 12.1. The summed E-state index contributed by atoms with van der Waals surface area (Å²) < 4.78 is 6.87. The van der Waals surface area contributed by atoms with Crippen LogP contribution in [0.4, 0.5) is 0 Å². The van der Waals surface area contributed by atoms with E-state index < -0.39 is 11.2 Å². The Morgan fingerprint density at radius 1 is 1.11 bits per heavy atom. The van der Waals surface area contributed by atoms with Crippen LogP contribution < -0.4 is 21.3 Å².